The van der Waals surface area contributed by atoms with Crippen molar-refractivity contribution in [3.63, 3.8) is 0 Å². The lowest BCUT2D eigenvalue weighted by molar-refractivity contribution is 0.0517. The summed E-state index contributed by atoms with van der Waals surface area (Å²) >= 11 is 1.68. The minimum Gasteiger partial charge on any atom is -0.381 e. The van der Waals surface area contributed by atoms with Crippen LogP contribution >= 0.6 is 11.3 Å². The number of carbonyl (C=O) groups excluding carboxylic acids is 1. The van der Waals surface area contributed by atoms with Crippen LogP contribution in [0.4, 0.5) is 0 Å². The molecule has 4 rings (SSSR count). The van der Waals surface area contributed by atoms with Crippen molar-refractivity contribution in [3.8, 4) is 11.3 Å². The molecule has 0 saturated carbocycles. The van der Waals surface area contributed by atoms with Crippen LogP contribution in [0, 0.1) is 5.92 Å². The fourth-order valence-corrected chi connectivity index (χ4v) is 4.22. The lowest BCUT2D eigenvalue weighted by atomic mass is 9.90. The molecule has 1 aliphatic heterocycles. The number of hydrogen-bond donors (Lipinski definition) is 2. The molecule has 1 amide bonds. The molecule has 3 aromatic rings. The first-order chi connectivity index (χ1) is 12.8. The van der Waals surface area contributed by atoms with E-state index in [1.165, 1.54) is 4.88 Å². The van der Waals surface area contributed by atoms with Crippen molar-refractivity contribution in [1.29, 1.82) is 0 Å². The van der Waals surface area contributed by atoms with Crippen LogP contribution in [0.15, 0.2) is 53.9 Å². The largest absolute Gasteiger partial charge is 0.381 e. The first kappa shape index (κ1) is 17.0. The Kier molecular flexibility index (Phi) is 5.13. The highest BCUT2D eigenvalue weighted by atomic mass is 32.1. The Hall–Kier alpha value is -2.44. The van der Waals surface area contributed by atoms with Gasteiger partial charge in [-0.25, -0.2) is 0 Å². The third-order valence-electron chi connectivity index (χ3n) is 4.77. The van der Waals surface area contributed by atoms with E-state index in [0.29, 0.717) is 11.6 Å². The second-order valence-electron chi connectivity index (χ2n) is 6.45. The predicted octanol–water partition coefficient (Wildman–Crippen LogP) is 4.04. The van der Waals surface area contributed by atoms with Crippen LogP contribution in [0.25, 0.3) is 11.3 Å². The van der Waals surface area contributed by atoms with Crippen molar-refractivity contribution in [2.45, 2.75) is 18.9 Å². The molecule has 2 aromatic heterocycles. The summed E-state index contributed by atoms with van der Waals surface area (Å²) < 4.78 is 5.48. The van der Waals surface area contributed by atoms with E-state index in [0.717, 1.165) is 37.3 Å². The van der Waals surface area contributed by atoms with Gasteiger partial charge in [-0.1, -0.05) is 36.4 Å². The fourth-order valence-electron chi connectivity index (χ4n) is 3.35. The first-order valence-corrected chi connectivity index (χ1v) is 9.72. The SMILES string of the molecule is O=C(NC(c1cccs1)C1CCOCC1)c1cc(-c2ccccc2)n[nH]1. The highest BCUT2D eigenvalue weighted by Crippen LogP contribution is 2.32. The van der Waals surface area contributed by atoms with E-state index < -0.39 is 0 Å². The van der Waals surface area contributed by atoms with Crippen molar-refractivity contribution in [1.82, 2.24) is 15.5 Å². The van der Waals surface area contributed by atoms with Gasteiger partial charge in [0.25, 0.3) is 5.91 Å². The number of rotatable bonds is 5. The summed E-state index contributed by atoms with van der Waals surface area (Å²) in [7, 11) is 0. The van der Waals surface area contributed by atoms with Gasteiger partial charge in [-0.15, -0.1) is 11.3 Å². The van der Waals surface area contributed by atoms with Crippen LogP contribution in [0.5, 0.6) is 0 Å². The molecule has 3 heterocycles. The molecule has 1 atom stereocenters. The van der Waals surface area contributed by atoms with Gasteiger partial charge in [0.2, 0.25) is 0 Å². The summed E-state index contributed by atoms with van der Waals surface area (Å²) in [6.45, 7) is 1.51. The summed E-state index contributed by atoms with van der Waals surface area (Å²) in [6.07, 6.45) is 1.92. The van der Waals surface area contributed by atoms with Gasteiger partial charge >= 0.3 is 0 Å². The lowest BCUT2D eigenvalue weighted by Gasteiger charge is -2.30. The molecule has 1 saturated heterocycles. The average Bonchev–Trinajstić information content (AvgIpc) is 3.39. The minimum atomic E-state index is -0.121. The van der Waals surface area contributed by atoms with Crippen molar-refractivity contribution in [2.24, 2.45) is 5.92 Å². The molecule has 0 spiro atoms. The highest BCUT2D eigenvalue weighted by Gasteiger charge is 2.28. The quantitative estimate of drug-likeness (QED) is 0.715. The van der Waals surface area contributed by atoms with E-state index in [2.05, 4.69) is 27.0 Å². The molecular weight excluding hydrogens is 346 g/mol. The van der Waals surface area contributed by atoms with E-state index in [1.54, 1.807) is 17.4 Å². The molecule has 26 heavy (non-hydrogen) atoms. The van der Waals surface area contributed by atoms with E-state index >= 15 is 0 Å². The number of H-pyrrole nitrogens is 1. The van der Waals surface area contributed by atoms with E-state index in [-0.39, 0.29) is 11.9 Å². The van der Waals surface area contributed by atoms with E-state index in [4.69, 9.17) is 4.74 Å². The minimum absolute atomic E-state index is 0.00914. The van der Waals surface area contributed by atoms with Gasteiger partial charge in [0, 0.05) is 23.7 Å². The van der Waals surface area contributed by atoms with Crippen LogP contribution in [0.1, 0.15) is 34.2 Å². The van der Waals surface area contributed by atoms with Gasteiger partial charge in [0.1, 0.15) is 5.69 Å². The van der Waals surface area contributed by atoms with Crippen LogP contribution < -0.4 is 5.32 Å². The van der Waals surface area contributed by atoms with E-state index in [1.807, 2.05) is 36.4 Å². The number of aromatic amines is 1. The molecule has 134 valence electrons. The molecule has 0 radical (unpaired) electrons. The number of nitrogens with one attached hydrogen (secondary N) is 2. The third kappa shape index (κ3) is 3.71. The molecule has 0 bridgehead atoms. The Morgan fingerprint density at radius 2 is 2.00 bits per heavy atom. The summed E-state index contributed by atoms with van der Waals surface area (Å²) in [4.78, 5) is 14.0. The van der Waals surface area contributed by atoms with Gasteiger partial charge in [-0.2, -0.15) is 5.10 Å². The molecule has 1 aliphatic rings. The Morgan fingerprint density at radius 3 is 2.73 bits per heavy atom. The summed E-state index contributed by atoms with van der Waals surface area (Å²) in [6, 6.07) is 15.8. The Labute approximate surface area is 156 Å². The zero-order valence-electron chi connectivity index (χ0n) is 14.4. The van der Waals surface area contributed by atoms with Gasteiger partial charge in [-0.05, 0) is 36.3 Å². The number of hydrogen-bond acceptors (Lipinski definition) is 4. The van der Waals surface area contributed by atoms with Gasteiger partial charge in [0.15, 0.2) is 0 Å². The Balaban J connectivity index is 1.52. The number of ether oxygens (including phenoxy) is 1. The van der Waals surface area contributed by atoms with Crippen LogP contribution in [0.3, 0.4) is 0 Å². The molecule has 5 nitrogen and oxygen atoms in total. The van der Waals surface area contributed by atoms with Crippen LogP contribution in [0.2, 0.25) is 0 Å². The molecule has 0 aliphatic carbocycles. The normalized spacial score (nSPS) is 16.3. The maximum atomic E-state index is 12.8. The monoisotopic (exact) mass is 367 g/mol. The van der Waals surface area contributed by atoms with Crippen molar-refractivity contribution < 1.29 is 9.53 Å². The number of carbonyl (C=O) groups is 1. The highest BCUT2D eigenvalue weighted by molar-refractivity contribution is 7.10. The standard InChI is InChI=1S/C20H21N3O2S/c24-20(17-13-16(22-23-17)14-5-2-1-3-6-14)21-19(18-7-4-12-26-18)15-8-10-25-11-9-15/h1-7,12-13,15,19H,8-11H2,(H,21,24)(H,22,23). The summed E-state index contributed by atoms with van der Waals surface area (Å²) in [5, 5.41) is 12.4. The molecule has 1 aromatic carbocycles. The zero-order chi connectivity index (χ0) is 17.8. The molecular formula is C20H21N3O2S. The number of amides is 1. The van der Waals surface area contributed by atoms with Gasteiger partial charge < -0.3 is 10.1 Å². The topological polar surface area (TPSA) is 67.0 Å². The second-order valence-corrected chi connectivity index (χ2v) is 7.43. The Morgan fingerprint density at radius 1 is 1.19 bits per heavy atom. The molecule has 1 fully saturated rings. The Bertz CT molecular complexity index is 839. The number of aromatic nitrogens is 2. The molecule has 1 unspecified atom stereocenters. The van der Waals surface area contributed by atoms with Crippen LogP contribution in [-0.2, 0) is 4.74 Å². The third-order valence-corrected chi connectivity index (χ3v) is 5.72. The number of benzene rings is 1. The smallest absolute Gasteiger partial charge is 0.269 e. The predicted molar refractivity (Wildman–Crippen MR) is 102 cm³/mol. The van der Waals surface area contributed by atoms with Gasteiger partial charge in [0.05, 0.1) is 11.7 Å². The van der Waals surface area contributed by atoms with E-state index in [9.17, 15) is 4.79 Å². The summed E-state index contributed by atoms with van der Waals surface area (Å²) in [5.41, 5.74) is 2.24. The van der Waals surface area contributed by atoms with Gasteiger partial charge in [-0.3, -0.25) is 9.89 Å². The van der Waals surface area contributed by atoms with Crippen molar-refractivity contribution in [3.05, 3.63) is 64.5 Å². The zero-order valence-corrected chi connectivity index (χ0v) is 15.2. The second kappa shape index (κ2) is 7.85. The number of thiophene rings is 1. The van der Waals surface area contributed by atoms with Crippen molar-refractivity contribution in [2.75, 3.05) is 13.2 Å². The van der Waals surface area contributed by atoms with Crippen LogP contribution in [-0.4, -0.2) is 29.3 Å². The first-order valence-electron chi connectivity index (χ1n) is 8.84. The van der Waals surface area contributed by atoms with Crippen molar-refractivity contribution >= 4 is 17.2 Å². The molecule has 6 heteroatoms. The maximum absolute atomic E-state index is 12.8. The number of nitrogens with zero attached hydrogens (tertiary/aromatic N) is 1. The maximum Gasteiger partial charge on any atom is 0.269 e. The summed E-state index contributed by atoms with van der Waals surface area (Å²) in [5.74, 6) is 0.271. The molecule has 2 N–H and O–H groups in total. The fraction of sp³-hybridized carbons (Fsp3) is 0.300. The average molecular weight is 367 g/mol. The lowest BCUT2D eigenvalue weighted by Crippen LogP contribution is -2.35.